The Morgan fingerprint density at radius 2 is 1.63 bits per heavy atom. The fourth-order valence-electron chi connectivity index (χ4n) is 6.11. The molecule has 2 aliphatic rings. The number of nitrogens with zero attached hydrogens (tertiary/aromatic N) is 2. The van der Waals surface area contributed by atoms with Crippen molar-refractivity contribution in [1.82, 2.24) is 15.3 Å². The average molecular weight is 594 g/mol. The third kappa shape index (κ3) is 7.13. The van der Waals surface area contributed by atoms with Gasteiger partial charge in [-0.25, -0.2) is 9.97 Å². The number of carbonyl (C=O) groups excluding carboxylic acids is 2. The van der Waals surface area contributed by atoms with Crippen LogP contribution in [0.4, 0.5) is 17.3 Å². The summed E-state index contributed by atoms with van der Waals surface area (Å²) >= 11 is 1.62. The zero-order chi connectivity index (χ0) is 29.6. The van der Waals surface area contributed by atoms with Gasteiger partial charge in [0.2, 0.25) is 5.95 Å². The van der Waals surface area contributed by atoms with Crippen LogP contribution in [-0.4, -0.2) is 27.8 Å². The molecule has 0 bridgehead atoms. The van der Waals surface area contributed by atoms with Gasteiger partial charge in [0.15, 0.2) is 0 Å². The van der Waals surface area contributed by atoms with Gasteiger partial charge in [0.05, 0.1) is 10.6 Å². The smallest absolute Gasteiger partial charge is 0.265 e. The Balaban J connectivity index is 1.11. The van der Waals surface area contributed by atoms with Crippen molar-refractivity contribution in [3.05, 3.63) is 87.2 Å². The van der Waals surface area contributed by atoms with E-state index in [-0.39, 0.29) is 17.9 Å². The fourth-order valence-corrected chi connectivity index (χ4v) is 7.26. The summed E-state index contributed by atoms with van der Waals surface area (Å²) in [6.45, 7) is 2.00. The van der Waals surface area contributed by atoms with Gasteiger partial charge in [0, 0.05) is 39.6 Å². The van der Waals surface area contributed by atoms with E-state index in [0.29, 0.717) is 11.5 Å². The van der Waals surface area contributed by atoms with Crippen molar-refractivity contribution in [2.75, 3.05) is 10.6 Å². The highest BCUT2D eigenvalue weighted by atomic mass is 32.1. The third-order valence-electron chi connectivity index (χ3n) is 8.58. The highest BCUT2D eigenvalue weighted by molar-refractivity contribution is 7.14. The monoisotopic (exact) mass is 593 g/mol. The molecule has 2 amide bonds. The van der Waals surface area contributed by atoms with E-state index in [1.807, 2.05) is 55.5 Å². The van der Waals surface area contributed by atoms with Crippen molar-refractivity contribution in [3.8, 4) is 11.3 Å². The first kappa shape index (κ1) is 29.1. The topological polar surface area (TPSA) is 96.0 Å². The maximum atomic E-state index is 13.1. The van der Waals surface area contributed by atoms with Crippen molar-refractivity contribution in [3.63, 3.8) is 0 Å². The van der Waals surface area contributed by atoms with E-state index in [9.17, 15) is 9.59 Å². The second-order valence-electron chi connectivity index (χ2n) is 11.7. The van der Waals surface area contributed by atoms with Crippen LogP contribution < -0.4 is 16.0 Å². The second-order valence-corrected chi connectivity index (χ2v) is 12.8. The fraction of sp³-hybridized carbons (Fsp3) is 0.371. The molecule has 43 heavy (non-hydrogen) atoms. The molecule has 0 radical (unpaired) electrons. The predicted octanol–water partition coefficient (Wildman–Crippen LogP) is 8.23. The zero-order valence-electron chi connectivity index (χ0n) is 24.7. The number of nitrogens with one attached hydrogen (secondary N) is 3. The van der Waals surface area contributed by atoms with Crippen LogP contribution >= 0.6 is 11.3 Å². The molecule has 0 aliphatic heterocycles. The molecule has 1 saturated carbocycles. The number of rotatable bonds is 7. The Morgan fingerprint density at radius 3 is 2.42 bits per heavy atom. The normalized spacial score (nSPS) is 15.6. The Labute approximate surface area is 257 Å². The summed E-state index contributed by atoms with van der Waals surface area (Å²) in [6, 6.07) is 17.5. The molecule has 7 nitrogen and oxygen atoms in total. The molecule has 2 aromatic heterocycles. The average Bonchev–Trinajstić information content (AvgIpc) is 3.45. The zero-order valence-corrected chi connectivity index (χ0v) is 25.6. The van der Waals surface area contributed by atoms with Gasteiger partial charge >= 0.3 is 0 Å². The molecule has 6 rings (SSSR count). The standard InChI is InChI=1S/C35H39N5O2S/c1-23-28(13-9-14-29(23)39-34(42)32-22-25-10-7-8-15-31(25)43-32)30-20-21-36-35(40-30)38-27-18-16-24(17-19-27)33(41)37-26-11-5-3-2-4-6-12-26/h9,13-14,16-22,26H,2-8,10-12,15H2,1H3,(H,37,41)(H,39,42)(H,36,38,40). The van der Waals surface area contributed by atoms with Crippen LogP contribution in [0.15, 0.2) is 60.8 Å². The molecule has 1 fully saturated rings. The predicted molar refractivity (Wildman–Crippen MR) is 174 cm³/mol. The second kappa shape index (κ2) is 13.5. The highest BCUT2D eigenvalue weighted by Gasteiger charge is 2.19. The first-order valence-corrected chi connectivity index (χ1v) is 16.4. The quantitative estimate of drug-likeness (QED) is 0.201. The van der Waals surface area contributed by atoms with Crippen molar-refractivity contribution in [1.29, 1.82) is 0 Å². The maximum absolute atomic E-state index is 13.1. The Kier molecular flexibility index (Phi) is 9.13. The molecule has 2 aromatic carbocycles. The van der Waals surface area contributed by atoms with E-state index in [1.54, 1.807) is 17.5 Å². The summed E-state index contributed by atoms with van der Waals surface area (Å²) in [5, 5.41) is 9.62. The first-order valence-electron chi connectivity index (χ1n) is 15.6. The minimum Gasteiger partial charge on any atom is -0.349 e. The van der Waals surface area contributed by atoms with E-state index < -0.39 is 0 Å². The lowest BCUT2D eigenvalue weighted by Crippen LogP contribution is -2.35. The largest absolute Gasteiger partial charge is 0.349 e. The number of anilines is 3. The van der Waals surface area contributed by atoms with Gasteiger partial charge < -0.3 is 16.0 Å². The Hall–Kier alpha value is -4.04. The van der Waals surface area contributed by atoms with Crippen LogP contribution in [0.3, 0.4) is 0 Å². The van der Waals surface area contributed by atoms with E-state index in [2.05, 4.69) is 27.0 Å². The van der Waals surface area contributed by atoms with Crippen LogP contribution in [-0.2, 0) is 12.8 Å². The lowest BCUT2D eigenvalue weighted by atomic mass is 9.96. The van der Waals surface area contributed by atoms with Crippen molar-refractivity contribution >= 4 is 40.5 Å². The van der Waals surface area contributed by atoms with E-state index >= 15 is 0 Å². The minimum atomic E-state index is -0.0634. The number of hydrogen-bond acceptors (Lipinski definition) is 6. The summed E-state index contributed by atoms with van der Waals surface area (Å²) in [5.74, 6) is 0.380. The number of hydrogen-bond donors (Lipinski definition) is 3. The van der Waals surface area contributed by atoms with E-state index in [1.165, 1.54) is 55.4 Å². The van der Waals surface area contributed by atoms with Crippen LogP contribution in [0.5, 0.6) is 0 Å². The van der Waals surface area contributed by atoms with Gasteiger partial charge in [-0.3, -0.25) is 9.59 Å². The number of aryl methyl sites for hydroxylation is 2. The van der Waals surface area contributed by atoms with Crippen LogP contribution in [0, 0.1) is 6.92 Å². The van der Waals surface area contributed by atoms with Crippen molar-refractivity contribution < 1.29 is 9.59 Å². The molecule has 222 valence electrons. The van der Waals surface area contributed by atoms with Gasteiger partial charge in [0.1, 0.15) is 0 Å². The minimum absolute atomic E-state index is 0.0171. The van der Waals surface area contributed by atoms with Gasteiger partial charge in [-0.05, 0) is 99.0 Å². The molecule has 0 saturated heterocycles. The number of carbonyl (C=O) groups is 2. The lowest BCUT2D eigenvalue weighted by molar-refractivity contribution is 0.0929. The molecular formula is C35H39N5O2S. The van der Waals surface area contributed by atoms with Crippen LogP contribution in [0.25, 0.3) is 11.3 Å². The molecule has 2 aliphatic carbocycles. The molecule has 0 unspecified atom stereocenters. The van der Waals surface area contributed by atoms with Crippen molar-refractivity contribution in [2.45, 2.75) is 83.6 Å². The maximum Gasteiger partial charge on any atom is 0.265 e. The number of amides is 2. The van der Waals surface area contributed by atoms with Crippen LogP contribution in [0.1, 0.15) is 93.8 Å². The molecule has 4 aromatic rings. The molecule has 2 heterocycles. The Morgan fingerprint density at radius 1 is 0.860 bits per heavy atom. The van der Waals surface area contributed by atoms with Gasteiger partial charge in [-0.2, -0.15) is 0 Å². The number of thiophene rings is 1. The van der Waals surface area contributed by atoms with Crippen LogP contribution in [0.2, 0.25) is 0 Å². The molecule has 0 spiro atoms. The van der Waals surface area contributed by atoms with Gasteiger partial charge in [-0.1, -0.05) is 44.2 Å². The summed E-state index contributed by atoms with van der Waals surface area (Å²) in [4.78, 5) is 37.3. The number of aromatic nitrogens is 2. The first-order chi connectivity index (χ1) is 21.0. The summed E-state index contributed by atoms with van der Waals surface area (Å²) in [5.41, 5.74) is 6.19. The molecular weight excluding hydrogens is 554 g/mol. The molecule has 0 atom stereocenters. The Bertz CT molecular complexity index is 1560. The van der Waals surface area contributed by atoms with Crippen molar-refractivity contribution in [2.24, 2.45) is 0 Å². The van der Waals surface area contributed by atoms with E-state index in [4.69, 9.17) is 4.98 Å². The molecule has 3 N–H and O–H groups in total. The molecule has 8 heteroatoms. The van der Waals surface area contributed by atoms with E-state index in [0.717, 1.165) is 58.8 Å². The summed E-state index contributed by atoms with van der Waals surface area (Å²) in [6.07, 6.45) is 14.6. The lowest BCUT2D eigenvalue weighted by Gasteiger charge is -2.21. The number of benzene rings is 2. The third-order valence-corrected chi connectivity index (χ3v) is 9.81. The number of fused-ring (bicyclic) bond motifs is 1. The van der Waals surface area contributed by atoms with Gasteiger partial charge in [0.25, 0.3) is 11.8 Å². The summed E-state index contributed by atoms with van der Waals surface area (Å²) < 4.78 is 0. The highest BCUT2D eigenvalue weighted by Crippen LogP contribution is 2.32. The van der Waals surface area contributed by atoms with Gasteiger partial charge in [-0.15, -0.1) is 11.3 Å². The summed E-state index contributed by atoms with van der Waals surface area (Å²) in [7, 11) is 0. The SMILES string of the molecule is Cc1c(NC(=O)c2cc3c(s2)CCCC3)cccc1-c1ccnc(Nc2ccc(C(=O)NC3CCCCCCC3)cc2)n1.